The molecule has 2 saturated heterocycles. The van der Waals surface area contributed by atoms with Crippen LogP contribution in [0.15, 0.2) is 12.1 Å². The van der Waals surface area contributed by atoms with Gasteiger partial charge < -0.3 is 39.6 Å². The molecule has 2 atom stereocenters. The maximum atomic E-state index is 13.1. The quantitative estimate of drug-likeness (QED) is 0.510. The number of ether oxygens (including phenoxy) is 4. The zero-order chi connectivity index (χ0) is 23.0. The summed E-state index contributed by atoms with van der Waals surface area (Å²) in [5.41, 5.74) is 1.31. The summed E-state index contributed by atoms with van der Waals surface area (Å²) in [4.78, 5) is 15.4. The van der Waals surface area contributed by atoms with Crippen molar-refractivity contribution in [1.29, 1.82) is 0 Å². The number of amides is 1. The summed E-state index contributed by atoms with van der Waals surface area (Å²) in [5, 5.41) is 17.0. The average Bonchev–Trinajstić information content (AvgIpc) is 3.23. The third kappa shape index (κ3) is 6.50. The first-order valence-corrected chi connectivity index (χ1v) is 12.2. The highest BCUT2D eigenvalue weighted by Crippen LogP contribution is 2.36. The molecule has 3 heterocycles. The van der Waals surface area contributed by atoms with Gasteiger partial charge in [-0.2, -0.15) is 0 Å². The Balaban J connectivity index is 1.32. The topological polar surface area (TPSA) is 102 Å². The van der Waals surface area contributed by atoms with E-state index in [4.69, 9.17) is 18.9 Å². The van der Waals surface area contributed by atoms with Crippen LogP contribution in [-0.2, 0) is 9.47 Å². The minimum absolute atomic E-state index is 0.0151. The number of nitrogens with one attached hydrogen (secondary N) is 2. The Morgan fingerprint density at radius 3 is 2.79 bits per heavy atom. The van der Waals surface area contributed by atoms with Gasteiger partial charge in [-0.3, -0.25) is 4.79 Å². The van der Waals surface area contributed by atoms with E-state index in [1.165, 1.54) is 0 Å². The van der Waals surface area contributed by atoms with Crippen LogP contribution in [0, 0.1) is 5.92 Å². The van der Waals surface area contributed by atoms with E-state index in [0.29, 0.717) is 56.6 Å². The molecule has 3 aliphatic heterocycles. The van der Waals surface area contributed by atoms with Crippen molar-refractivity contribution in [2.24, 2.45) is 5.92 Å². The zero-order valence-corrected chi connectivity index (χ0v) is 19.5. The summed E-state index contributed by atoms with van der Waals surface area (Å²) in [5.74, 6) is 0.907. The van der Waals surface area contributed by atoms with Crippen molar-refractivity contribution >= 4 is 11.6 Å². The molecule has 0 aliphatic carbocycles. The third-order valence-electron chi connectivity index (χ3n) is 6.37. The van der Waals surface area contributed by atoms with E-state index in [-0.39, 0.29) is 18.1 Å². The third-order valence-corrected chi connectivity index (χ3v) is 6.37. The van der Waals surface area contributed by atoms with Crippen molar-refractivity contribution in [3.05, 3.63) is 17.7 Å². The van der Waals surface area contributed by atoms with E-state index in [1.807, 2.05) is 12.1 Å². The Morgan fingerprint density at radius 2 is 2.00 bits per heavy atom. The smallest absolute Gasteiger partial charge is 0.255 e. The molecule has 9 heteroatoms. The lowest BCUT2D eigenvalue weighted by Crippen LogP contribution is -2.48. The second-order valence-electron chi connectivity index (χ2n) is 8.91. The fraction of sp³-hybridized carbons (Fsp3) is 0.708. The molecule has 0 saturated carbocycles. The van der Waals surface area contributed by atoms with Crippen molar-refractivity contribution in [1.82, 2.24) is 10.2 Å². The second-order valence-corrected chi connectivity index (χ2v) is 8.91. The van der Waals surface area contributed by atoms with Crippen LogP contribution in [0.25, 0.3) is 0 Å². The van der Waals surface area contributed by atoms with Gasteiger partial charge in [-0.1, -0.05) is 6.92 Å². The predicted molar refractivity (Wildman–Crippen MR) is 124 cm³/mol. The van der Waals surface area contributed by atoms with Gasteiger partial charge >= 0.3 is 0 Å². The number of nitrogens with zero attached hydrogens (tertiary/aromatic N) is 1. The summed E-state index contributed by atoms with van der Waals surface area (Å²) in [7, 11) is 0. The summed E-state index contributed by atoms with van der Waals surface area (Å²) in [6, 6.07) is 3.72. The van der Waals surface area contributed by atoms with Crippen LogP contribution in [0.1, 0.15) is 43.0 Å². The zero-order valence-electron chi connectivity index (χ0n) is 19.5. The Hall–Kier alpha value is -2.07. The van der Waals surface area contributed by atoms with Crippen molar-refractivity contribution in [2.75, 3.05) is 64.5 Å². The second kappa shape index (κ2) is 11.9. The number of likely N-dealkylation sites (tertiary alicyclic amines) is 1. The lowest BCUT2D eigenvalue weighted by atomic mass is 9.93. The lowest BCUT2D eigenvalue weighted by Gasteiger charge is -2.36. The van der Waals surface area contributed by atoms with E-state index < -0.39 is 6.10 Å². The first-order valence-electron chi connectivity index (χ1n) is 12.2. The number of hydrogen-bond donors (Lipinski definition) is 3. The standard InChI is InChI=1S/C24H37N3O6/c1-2-6-25-18-13-19(23-21(14-18)30-9-3-10-33-23)24(29)26-15-17-4-7-27(16-20(17)28)8-5-22-31-11-12-32-22/h13-14,17,20,22,25,28H,2-12,15-16H2,1H3,(H,26,29)/t17-,20?/m0/s1. The molecule has 2 fully saturated rings. The van der Waals surface area contributed by atoms with E-state index >= 15 is 0 Å². The number of aliphatic hydroxyl groups is 1. The van der Waals surface area contributed by atoms with Gasteiger partial charge in [0.15, 0.2) is 17.8 Å². The molecule has 4 rings (SSSR count). The number of benzene rings is 1. The molecular formula is C24H37N3O6. The number of rotatable bonds is 9. The van der Waals surface area contributed by atoms with Crippen LogP contribution in [0.3, 0.4) is 0 Å². The lowest BCUT2D eigenvalue weighted by molar-refractivity contribution is -0.0576. The largest absolute Gasteiger partial charge is 0.489 e. The number of aliphatic hydroxyl groups excluding tert-OH is 1. The predicted octanol–water partition coefficient (Wildman–Crippen LogP) is 1.85. The van der Waals surface area contributed by atoms with Crippen LogP contribution >= 0.6 is 0 Å². The average molecular weight is 464 g/mol. The molecule has 1 unspecified atom stereocenters. The van der Waals surface area contributed by atoms with Gasteiger partial charge in [0.25, 0.3) is 5.91 Å². The SMILES string of the molecule is CCCNc1cc2c(c(C(=O)NC[C@@H]3CCN(CCC4OCCO4)CC3O)c1)OCCCO2. The normalized spacial score (nSPS) is 23.8. The van der Waals surface area contributed by atoms with Gasteiger partial charge in [0.05, 0.1) is 38.1 Å². The summed E-state index contributed by atoms with van der Waals surface area (Å²) >= 11 is 0. The van der Waals surface area contributed by atoms with Crippen LogP contribution in [0.5, 0.6) is 11.5 Å². The Labute approximate surface area is 195 Å². The minimum Gasteiger partial charge on any atom is -0.489 e. The van der Waals surface area contributed by atoms with Gasteiger partial charge in [-0.15, -0.1) is 0 Å². The first-order chi connectivity index (χ1) is 16.1. The molecule has 1 amide bonds. The highest BCUT2D eigenvalue weighted by Gasteiger charge is 2.29. The maximum Gasteiger partial charge on any atom is 0.255 e. The van der Waals surface area contributed by atoms with Gasteiger partial charge in [0, 0.05) is 56.7 Å². The van der Waals surface area contributed by atoms with Crippen molar-refractivity contribution in [2.45, 2.75) is 45.0 Å². The molecule has 9 nitrogen and oxygen atoms in total. The number of carbonyl (C=O) groups is 1. The number of anilines is 1. The summed E-state index contributed by atoms with van der Waals surface area (Å²) in [6.07, 6.45) is 2.78. The molecule has 33 heavy (non-hydrogen) atoms. The van der Waals surface area contributed by atoms with Gasteiger partial charge in [0.1, 0.15) is 0 Å². The molecule has 3 N–H and O–H groups in total. The molecule has 0 radical (unpaired) electrons. The molecule has 0 spiro atoms. The fourth-order valence-electron chi connectivity index (χ4n) is 4.48. The highest BCUT2D eigenvalue weighted by atomic mass is 16.7. The Morgan fingerprint density at radius 1 is 1.18 bits per heavy atom. The van der Waals surface area contributed by atoms with Gasteiger partial charge in [-0.25, -0.2) is 0 Å². The number of carbonyl (C=O) groups excluding carboxylic acids is 1. The summed E-state index contributed by atoms with van der Waals surface area (Å²) < 4.78 is 22.7. The molecule has 0 aromatic heterocycles. The van der Waals surface area contributed by atoms with Crippen LogP contribution in [-0.4, -0.2) is 87.5 Å². The molecule has 1 aromatic carbocycles. The molecular weight excluding hydrogens is 426 g/mol. The fourth-order valence-corrected chi connectivity index (χ4v) is 4.48. The summed E-state index contributed by atoms with van der Waals surface area (Å²) in [6.45, 7) is 8.04. The highest BCUT2D eigenvalue weighted by molar-refractivity contribution is 5.99. The van der Waals surface area contributed by atoms with E-state index in [9.17, 15) is 9.90 Å². The Kier molecular flexibility index (Phi) is 8.66. The van der Waals surface area contributed by atoms with Gasteiger partial charge in [0.2, 0.25) is 0 Å². The minimum atomic E-state index is -0.487. The monoisotopic (exact) mass is 463 g/mol. The number of hydrogen-bond acceptors (Lipinski definition) is 8. The van der Waals surface area contributed by atoms with Crippen LogP contribution in [0.4, 0.5) is 5.69 Å². The van der Waals surface area contributed by atoms with Crippen LogP contribution in [0.2, 0.25) is 0 Å². The Bertz CT molecular complexity index is 786. The molecule has 1 aromatic rings. The number of β-amino-alcohol motifs (C(OH)–C–C–N with tert-alkyl or cyclic N) is 1. The van der Waals surface area contributed by atoms with Gasteiger partial charge in [-0.05, 0) is 25.5 Å². The van der Waals surface area contributed by atoms with Crippen molar-refractivity contribution in [3.63, 3.8) is 0 Å². The van der Waals surface area contributed by atoms with E-state index in [1.54, 1.807) is 0 Å². The van der Waals surface area contributed by atoms with E-state index in [0.717, 1.165) is 51.0 Å². The van der Waals surface area contributed by atoms with Crippen molar-refractivity contribution in [3.8, 4) is 11.5 Å². The van der Waals surface area contributed by atoms with Crippen LogP contribution < -0.4 is 20.1 Å². The van der Waals surface area contributed by atoms with E-state index in [2.05, 4.69) is 22.5 Å². The molecule has 0 bridgehead atoms. The molecule has 3 aliphatic rings. The first kappa shape index (κ1) is 24.1. The molecule has 184 valence electrons. The number of piperidine rings is 1. The maximum absolute atomic E-state index is 13.1. The van der Waals surface area contributed by atoms with Crippen molar-refractivity contribution < 1.29 is 28.8 Å². The number of fused-ring (bicyclic) bond motifs is 1.